The van der Waals surface area contributed by atoms with Gasteiger partial charge in [0.05, 0.1) is 19.7 Å². The first-order valence-corrected chi connectivity index (χ1v) is 11.2. The summed E-state index contributed by atoms with van der Waals surface area (Å²) in [6.07, 6.45) is 8.33. The van der Waals surface area contributed by atoms with E-state index in [0.717, 1.165) is 6.16 Å². The van der Waals surface area contributed by atoms with Crippen molar-refractivity contribution in [1.29, 1.82) is 0 Å². The molecule has 4 aromatic rings. The minimum atomic E-state index is -0.650. The highest BCUT2D eigenvalue weighted by Gasteiger charge is 2.35. The first kappa shape index (κ1) is 19.6. The largest absolute Gasteiger partial charge is 0.396 e. The molecule has 5 nitrogen and oxygen atoms in total. The lowest BCUT2D eigenvalue weighted by Crippen LogP contribution is -2.40. The Morgan fingerprint density at radius 2 is 1.21 bits per heavy atom. The van der Waals surface area contributed by atoms with Gasteiger partial charge in [0.1, 0.15) is 0 Å². The van der Waals surface area contributed by atoms with Crippen LogP contribution in [-0.4, -0.2) is 37.4 Å². The van der Waals surface area contributed by atoms with E-state index >= 15 is 0 Å². The van der Waals surface area contributed by atoms with E-state index in [0.29, 0.717) is 13.1 Å². The van der Waals surface area contributed by atoms with Crippen LogP contribution in [0.5, 0.6) is 0 Å². The first-order valence-electron chi connectivity index (χ1n) is 9.71. The molecule has 148 valence electrons. The van der Waals surface area contributed by atoms with Crippen molar-refractivity contribution in [2.45, 2.75) is 13.1 Å². The highest BCUT2D eigenvalue weighted by Crippen LogP contribution is 2.42. The fourth-order valence-corrected chi connectivity index (χ4v) is 6.36. The van der Waals surface area contributed by atoms with Gasteiger partial charge in [0.25, 0.3) is 0 Å². The first-order chi connectivity index (χ1) is 14.3. The van der Waals surface area contributed by atoms with Gasteiger partial charge in [-0.15, -0.1) is 0 Å². The zero-order valence-electron chi connectivity index (χ0n) is 16.2. The SMILES string of the molecule is OCC(Cn1cccn1)(Cn1cccn1)CP(c1ccccc1)c1ccccc1. The van der Waals surface area contributed by atoms with E-state index in [2.05, 4.69) is 70.9 Å². The van der Waals surface area contributed by atoms with Crippen molar-refractivity contribution >= 4 is 18.5 Å². The van der Waals surface area contributed by atoms with Gasteiger partial charge < -0.3 is 5.11 Å². The molecule has 0 saturated carbocycles. The second-order valence-electron chi connectivity index (χ2n) is 7.32. The summed E-state index contributed by atoms with van der Waals surface area (Å²) in [6, 6.07) is 25.1. The van der Waals surface area contributed by atoms with E-state index < -0.39 is 13.3 Å². The minimum absolute atomic E-state index is 0.0607. The van der Waals surface area contributed by atoms with Crippen LogP contribution in [0.4, 0.5) is 0 Å². The second kappa shape index (κ2) is 9.17. The van der Waals surface area contributed by atoms with Gasteiger partial charge in [-0.3, -0.25) is 9.36 Å². The van der Waals surface area contributed by atoms with Crippen LogP contribution >= 0.6 is 7.92 Å². The molecule has 0 amide bonds. The van der Waals surface area contributed by atoms with E-state index in [1.54, 1.807) is 12.4 Å². The maximum absolute atomic E-state index is 10.6. The summed E-state index contributed by atoms with van der Waals surface area (Å²) in [7, 11) is -0.650. The Hall–Kier alpha value is -2.75. The Balaban J connectivity index is 1.73. The lowest BCUT2D eigenvalue weighted by Gasteiger charge is -2.36. The summed E-state index contributed by atoms with van der Waals surface area (Å²) < 4.78 is 3.84. The zero-order valence-corrected chi connectivity index (χ0v) is 17.1. The molecule has 2 heterocycles. The molecule has 0 unspecified atom stereocenters. The Kier molecular flexibility index (Phi) is 6.18. The summed E-state index contributed by atoms with van der Waals surface area (Å²) in [5.74, 6) is 0. The van der Waals surface area contributed by atoms with Crippen molar-refractivity contribution in [3.8, 4) is 0 Å². The summed E-state index contributed by atoms with van der Waals surface area (Å²) >= 11 is 0. The van der Waals surface area contributed by atoms with Crippen molar-refractivity contribution in [3.05, 3.63) is 97.6 Å². The highest BCUT2D eigenvalue weighted by molar-refractivity contribution is 7.73. The third-order valence-electron chi connectivity index (χ3n) is 5.08. The van der Waals surface area contributed by atoms with E-state index in [9.17, 15) is 5.11 Å². The molecule has 0 aliphatic rings. The molecule has 0 radical (unpaired) electrons. The Labute approximate surface area is 172 Å². The fraction of sp³-hybridized carbons (Fsp3) is 0.217. The lowest BCUT2D eigenvalue weighted by molar-refractivity contribution is 0.0997. The van der Waals surface area contributed by atoms with Gasteiger partial charge in [0.15, 0.2) is 0 Å². The normalized spacial score (nSPS) is 11.8. The van der Waals surface area contributed by atoms with Gasteiger partial charge >= 0.3 is 0 Å². The number of nitrogens with zero attached hydrogens (tertiary/aromatic N) is 4. The van der Waals surface area contributed by atoms with E-state index in [1.165, 1.54) is 10.6 Å². The van der Waals surface area contributed by atoms with E-state index in [4.69, 9.17) is 0 Å². The van der Waals surface area contributed by atoms with E-state index in [1.807, 2.05) is 33.9 Å². The van der Waals surface area contributed by atoms with E-state index in [-0.39, 0.29) is 6.61 Å². The topological polar surface area (TPSA) is 55.9 Å². The van der Waals surface area contributed by atoms with Crippen LogP contribution in [0.25, 0.3) is 0 Å². The Morgan fingerprint density at radius 3 is 1.59 bits per heavy atom. The summed E-state index contributed by atoms with van der Waals surface area (Å²) in [5, 5.41) is 22.1. The molecule has 0 spiro atoms. The second-order valence-corrected chi connectivity index (χ2v) is 9.53. The van der Waals surface area contributed by atoms with Crippen LogP contribution in [0.1, 0.15) is 0 Å². The average Bonchev–Trinajstić information content (AvgIpc) is 3.47. The maximum Gasteiger partial charge on any atom is 0.0526 e. The van der Waals surface area contributed by atoms with Crippen LogP contribution in [0.2, 0.25) is 0 Å². The van der Waals surface area contributed by atoms with Crippen LogP contribution < -0.4 is 10.6 Å². The van der Waals surface area contributed by atoms with Gasteiger partial charge in [0.2, 0.25) is 0 Å². The molecule has 6 heteroatoms. The summed E-state index contributed by atoms with van der Waals surface area (Å²) in [4.78, 5) is 0. The van der Waals surface area contributed by atoms with Crippen molar-refractivity contribution < 1.29 is 5.11 Å². The van der Waals surface area contributed by atoms with Crippen molar-refractivity contribution in [2.75, 3.05) is 12.8 Å². The van der Waals surface area contributed by atoms with Gasteiger partial charge in [-0.05, 0) is 36.8 Å². The highest BCUT2D eigenvalue weighted by atomic mass is 31.1. The molecule has 2 aromatic carbocycles. The van der Waals surface area contributed by atoms with Gasteiger partial charge in [-0.2, -0.15) is 10.2 Å². The number of hydrogen-bond donors (Lipinski definition) is 1. The zero-order chi connectivity index (χ0) is 19.9. The number of aliphatic hydroxyl groups excluding tert-OH is 1. The summed E-state index contributed by atoms with van der Waals surface area (Å²) in [6.45, 7) is 1.33. The van der Waals surface area contributed by atoms with Gasteiger partial charge in [-0.25, -0.2) is 0 Å². The molecule has 4 rings (SSSR count). The molecular formula is C23H25N4OP. The van der Waals surface area contributed by atoms with Crippen LogP contribution in [0, 0.1) is 5.41 Å². The molecule has 0 atom stereocenters. The van der Waals surface area contributed by atoms with Gasteiger partial charge in [-0.1, -0.05) is 60.7 Å². The minimum Gasteiger partial charge on any atom is -0.396 e. The summed E-state index contributed by atoms with van der Waals surface area (Å²) in [5.41, 5.74) is -0.393. The molecular weight excluding hydrogens is 379 g/mol. The van der Waals surface area contributed by atoms with Crippen molar-refractivity contribution in [2.24, 2.45) is 5.41 Å². The predicted octanol–water partition coefficient (Wildman–Crippen LogP) is 2.89. The van der Waals surface area contributed by atoms with Gasteiger partial charge in [0, 0.05) is 30.2 Å². The van der Waals surface area contributed by atoms with Crippen LogP contribution in [-0.2, 0) is 13.1 Å². The quantitative estimate of drug-likeness (QED) is 0.437. The number of aliphatic hydroxyl groups is 1. The molecule has 0 saturated heterocycles. The monoisotopic (exact) mass is 404 g/mol. The average molecular weight is 404 g/mol. The number of rotatable bonds is 9. The molecule has 1 N–H and O–H groups in total. The molecule has 29 heavy (non-hydrogen) atoms. The predicted molar refractivity (Wildman–Crippen MR) is 118 cm³/mol. The lowest BCUT2D eigenvalue weighted by atomic mass is 9.91. The van der Waals surface area contributed by atoms with Crippen molar-refractivity contribution in [1.82, 2.24) is 19.6 Å². The molecule has 2 aromatic heterocycles. The number of benzene rings is 2. The Morgan fingerprint density at radius 1 is 0.724 bits per heavy atom. The number of aromatic nitrogens is 4. The smallest absolute Gasteiger partial charge is 0.0526 e. The number of hydrogen-bond acceptors (Lipinski definition) is 3. The molecule has 0 aliphatic carbocycles. The van der Waals surface area contributed by atoms with Crippen LogP contribution in [0.3, 0.4) is 0 Å². The van der Waals surface area contributed by atoms with Crippen LogP contribution in [0.15, 0.2) is 97.6 Å². The molecule has 0 aliphatic heterocycles. The maximum atomic E-state index is 10.6. The Bertz CT molecular complexity index is 897. The molecule has 0 bridgehead atoms. The third kappa shape index (κ3) is 4.81. The van der Waals surface area contributed by atoms with Crippen molar-refractivity contribution in [3.63, 3.8) is 0 Å². The fourth-order valence-electron chi connectivity index (χ4n) is 3.66. The third-order valence-corrected chi connectivity index (χ3v) is 7.91. The molecule has 0 fully saturated rings. The standard InChI is InChI=1S/C23H25N4OP/c28-19-23(17-26-15-7-13-24-26,18-27-16-8-14-25-27)20-29(21-9-3-1-4-10-21)22-11-5-2-6-12-22/h1-16,28H,17-20H2.